The molecule has 0 saturated heterocycles. The van der Waals surface area contributed by atoms with Gasteiger partial charge in [0.25, 0.3) is 5.91 Å². The predicted molar refractivity (Wildman–Crippen MR) is 105 cm³/mol. The van der Waals surface area contributed by atoms with E-state index in [0.717, 1.165) is 40.8 Å². The number of hydrogen-bond acceptors (Lipinski definition) is 5. The molecular formula is C21H21N5O2. The summed E-state index contributed by atoms with van der Waals surface area (Å²) in [4.78, 5) is 22.4. The van der Waals surface area contributed by atoms with E-state index in [2.05, 4.69) is 15.4 Å². The first-order valence-electron chi connectivity index (χ1n) is 9.52. The Balaban J connectivity index is 1.51. The topological polar surface area (TPSA) is 85.8 Å². The smallest absolute Gasteiger partial charge is 0.252 e. The lowest BCUT2D eigenvalue weighted by molar-refractivity contribution is 0.0936. The average molecular weight is 375 g/mol. The van der Waals surface area contributed by atoms with E-state index in [1.165, 1.54) is 0 Å². The van der Waals surface area contributed by atoms with Gasteiger partial charge in [0.05, 0.1) is 16.6 Å². The third kappa shape index (κ3) is 2.74. The quantitative estimate of drug-likeness (QED) is 0.586. The molecule has 7 nitrogen and oxygen atoms in total. The van der Waals surface area contributed by atoms with Crippen molar-refractivity contribution < 1.29 is 9.21 Å². The number of pyridine rings is 1. The molecule has 1 N–H and O–H groups in total. The van der Waals surface area contributed by atoms with E-state index >= 15 is 0 Å². The molecule has 1 aliphatic carbocycles. The van der Waals surface area contributed by atoms with Crippen LogP contribution in [0, 0.1) is 6.92 Å². The summed E-state index contributed by atoms with van der Waals surface area (Å²) in [5.74, 6) is 0.769. The molecule has 7 heteroatoms. The maximum Gasteiger partial charge on any atom is 0.252 e. The number of carbonyl (C=O) groups is 1. The molecular weight excluding hydrogens is 354 g/mol. The Morgan fingerprint density at radius 3 is 2.82 bits per heavy atom. The highest BCUT2D eigenvalue weighted by atomic mass is 16.3. The standard InChI is InChI=1S/C21H21N5O2/c1-11-18-14(10-16(13-8-9-13)23-19(18)26(3)25-11)20(27)22-12(2)21-24-15-6-4-5-7-17(15)28-21/h4-7,10,12-13H,8-9H2,1-3H3,(H,22,27). The fourth-order valence-electron chi connectivity index (χ4n) is 3.64. The molecule has 1 aromatic carbocycles. The summed E-state index contributed by atoms with van der Waals surface area (Å²) in [5, 5.41) is 8.29. The van der Waals surface area contributed by atoms with Crippen LogP contribution in [0.3, 0.4) is 0 Å². The zero-order valence-corrected chi connectivity index (χ0v) is 16.1. The van der Waals surface area contributed by atoms with Crippen LogP contribution >= 0.6 is 0 Å². The molecule has 1 aliphatic rings. The first-order valence-corrected chi connectivity index (χ1v) is 9.52. The SMILES string of the molecule is Cc1nn(C)c2nc(C3CC3)cc(C(=O)NC(C)c3nc4ccccc4o3)c12. The zero-order chi connectivity index (χ0) is 19.4. The van der Waals surface area contributed by atoms with Crippen LogP contribution in [0.15, 0.2) is 34.7 Å². The number of rotatable bonds is 4. The molecule has 1 amide bonds. The number of para-hydroxylation sites is 2. The van der Waals surface area contributed by atoms with Gasteiger partial charge in [0.2, 0.25) is 5.89 Å². The molecule has 0 spiro atoms. The number of nitrogens with one attached hydrogen (secondary N) is 1. The highest BCUT2D eigenvalue weighted by Crippen LogP contribution is 2.40. The molecule has 3 aromatic heterocycles. The van der Waals surface area contributed by atoms with E-state index in [1.54, 1.807) is 4.68 Å². The van der Waals surface area contributed by atoms with E-state index in [1.807, 2.05) is 51.2 Å². The number of oxazole rings is 1. The predicted octanol–water partition coefficient (Wildman–Crippen LogP) is 3.79. The fourth-order valence-corrected chi connectivity index (χ4v) is 3.64. The highest BCUT2D eigenvalue weighted by Gasteiger charge is 2.29. The van der Waals surface area contributed by atoms with Gasteiger partial charge in [-0.05, 0) is 44.9 Å². The fraction of sp³-hybridized carbons (Fsp3) is 0.333. The van der Waals surface area contributed by atoms with Gasteiger partial charge in [-0.15, -0.1) is 0 Å². The van der Waals surface area contributed by atoms with Crippen LogP contribution in [0.1, 0.15) is 59.4 Å². The average Bonchev–Trinajstić information content (AvgIpc) is 3.37. The Morgan fingerprint density at radius 1 is 1.29 bits per heavy atom. The van der Waals surface area contributed by atoms with E-state index < -0.39 is 0 Å². The van der Waals surface area contributed by atoms with Crippen molar-refractivity contribution in [3.05, 3.63) is 53.2 Å². The van der Waals surface area contributed by atoms with Gasteiger partial charge in [0.15, 0.2) is 11.2 Å². The number of aromatic nitrogens is 4. The summed E-state index contributed by atoms with van der Waals surface area (Å²) in [7, 11) is 1.86. The first kappa shape index (κ1) is 16.9. The molecule has 1 atom stereocenters. The third-order valence-corrected chi connectivity index (χ3v) is 5.26. The summed E-state index contributed by atoms with van der Waals surface area (Å²) in [6, 6.07) is 9.14. The number of benzene rings is 1. The lowest BCUT2D eigenvalue weighted by Crippen LogP contribution is -2.27. The molecule has 3 heterocycles. The van der Waals surface area contributed by atoms with Crippen molar-refractivity contribution in [1.29, 1.82) is 0 Å². The first-order chi connectivity index (χ1) is 13.5. The molecule has 0 aliphatic heterocycles. The Hall–Kier alpha value is -3.22. The van der Waals surface area contributed by atoms with Gasteiger partial charge >= 0.3 is 0 Å². The number of carbonyl (C=O) groups excluding carboxylic acids is 1. The normalized spacial score (nSPS) is 15.2. The van der Waals surface area contributed by atoms with Crippen LogP contribution in [-0.2, 0) is 7.05 Å². The number of aryl methyl sites for hydroxylation is 2. The molecule has 1 fully saturated rings. The minimum absolute atomic E-state index is 0.167. The van der Waals surface area contributed by atoms with Crippen molar-refractivity contribution in [2.75, 3.05) is 0 Å². The summed E-state index contributed by atoms with van der Waals surface area (Å²) in [6.07, 6.45) is 2.24. The van der Waals surface area contributed by atoms with Crippen LogP contribution in [0.2, 0.25) is 0 Å². The lowest BCUT2D eigenvalue weighted by Gasteiger charge is -2.12. The number of hydrogen-bond donors (Lipinski definition) is 1. The molecule has 5 rings (SSSR count). The van der Waals surface area contributed by atoms with Crippen molar-refractivity contribution in [2.45, 2.75) is 38.6 Å². The lowest BCUT2D eigenvalue weighted by atomic mass is 10.1. The number of nitrogens with zero attached hydrogens (tertiary/aromatic N) is 4. The van der Waals surface area contributed by atoms with Gasteiger partial charge in [-0.3, -0.25) is 9.48 Å². The molecule has 4 aromatic rings. The van der Waals surface area contributed by atoms with Gasteiger partial charge in [-0.1, -0.05) is 12.1 Å². The summed E-state index contributed by atoms with van der Waals surface area (Å²) >= 11 is 0. The van der Waals surface area contributed by atoms with Gasteiger partial charge in [0, 0.05) is 18.7 Å². The molecule has 1 unspecified atom stereocenters. The Kier molecular flexibility index (Phi) is 3.72. The Morgan fingerprint density at radius 2 is 2.07 bits per heavy atom. The van der Waals surface area contributed by atoms with Gasteiger partial charge in [-0.25, -0.2) is 9.97 Å². The van der Waals surface area contributed by atoms with Gasteiger partial charge in [-0.2, -0.15) is 5.10 Å². The molecule has 142 valence electrons. The van der Waals surface area contributed by atoms with Crippen LogP contribution in [0.25, 0.3) is 22.1 Å². The second-order valence-corrected chi connectivity index (χ2v) is 7.49. The van der Waals surface area contributed by atoms with Crippen LogP contribution in [0.5, 0.6) is 0 Å². The second-order valence-electron chi connectivity index (χ2n) is 7.49. The number of fused-ring (bicyclic) bond motifs is 2. The summed E-state index contributed by atoms with van der Waals surface area (Å²) < 4.78 is 7.55. The van der Waals surface area contributed by atoms with Gasteiger partial charge < -0.3 is 9.73 Å². The number of amides is 1. The van der Waals surface area contributed by atoms with Crippen LogP contribution < -0.4 is 5.32 Å². The third-order valence-electron chi connectivity index (χ3n) is 5.26. The summed E-state index contributed by atoms with van der Waals surface area (Å²) in [5.41, 5.74) is 4.62. The van der Waals surface area contributed by atoms with Crippen molar-refractivity contribution in [1.82, 2.24) is 25.1 Å². The largest absolute Gasteiger partial charge is 0.438 e. The maximum absolute atomic E-state index is 13.2. The van der Waals surface area contributed by atoms with Gasteiger partial charge in [0.1, 0.15) is 11.6 Å². The molecule has 1 saturated carbocycles. The zero-order valence-electron chi connectivity index (χ0n) is 16.1. The Bertz CT molecular complexity index is 1190. The highest BCUT2D eigenvalue weighted by molar-refractivity contribution is 6.06. The van der Waals surface area contributed by atoms with Crippen molar-refractivity contribution in [3.8, 4) is 0 Å². The van der Waals surface area contributed by atoms with Crippen LogP contribution in [-0.4, -0.2) is 25.7 Å². The van der Waals surface area contributed by atoms with Crippen molar-refractivity contribution in [3.63, 3.8) is 0 Å². The van der Waals surface area contributed by atoms with Crippen LogP contribution in [0.4, 0.5) is 0 Å². The molecule has 0 bridgehead atoms. The minimum atomic E-state index is -0.357. The Labute approximate surface area is 161 Å². The molecule has 0 radical (unpaired) electrons. The maximum atomic E-state index is 13.2. The monoisotopic (exact) mass is 375 g/mol. The van der Waals surface area contributed by atoms with E-state index in [0.29, 0.717) is 23.0 Å². The minimum Gasteiger partial charge on any atom is -0.438 e. The van der Waals surface area contributed by atoms with Crippen molar-refractivity contribution >= 4 is 28.0 Å². The second kappa shape index (κ2) is 6.15. The molecule has 28 heavy (non-hydrogen) atoms. The summed E-state index contributed by atoms with van der Waals surface area (Å²) in [6.45, 7) is 3.78. The van der Waals surface area contributed by atoms with E-state index in [9.17, 15) is 4.79 Å². The van der Waals surface area contributed by atoms with Crippen molar-refractivity contribution in [2.24, 2.45) is 7.05 Å². The van der Waals surface area contributed by atoms with E-state index in [4.69, 9.17) is 9.40 Å². The van der Waals surface area contributed by atoms with E-state index in [-0.39, 0.29) is 11.9 Å².